The number of benzene rings is 2. The molecule has 3 N–H and O–H groups in total. The zero-order chi connectivity index (χ0) is 17.1. The summed E-state index contributed by atoms with van der Waals surface area (Å²) in [4.78, 5) is 16.0. The Balaban J connectivity index is 1.73. The third-order valence-corrected chi connectivity index (χ3v) is 4.36. The van der Waals surface area contributed by atoms with Gasteiger partial charge in [-0.15, -0.1) is 0 Å². The van der Waals surface area contributed by atoms with Crippen LogP contribution >= 0.6 is 0 Å². The second-order valence-electron chi connectivity index (χ2n) is 5.87. The molecule has 0 radical (unpaired) electrons. The fourth-order valence-electron chi connectivity index (χ4n) is 3.15. The van der Waals surface area contributed by atoms with E-state index in [1.165, 1.54) is 12.1 Å². The van der Waals surface area contributed by atoms with E-state index in [0.29, 0.717) is 31.7 Å². The number of hydrogen-bond acceptors (Lipinski definition) is 4. The Kier molecular flexibility index (Phi) is 4.66. The summed E-state index contributed by atoms with van der Waals surface area (Å²) in [6, 6.07) is 12.5. The lowest BCUT2D eigenvalue weighted by molar-refractivity contribution is -0.123. The summed E-state index contributed by atoms with van der Waals surface area (Å²) in [5.74, 6) is -0.542. The number of primary amides is 1. The monoisotopic (exact) mass is 329 g/mol. The zero-order valence-corrected chi connectivity index (χ0v) is 13.2. The number of piperazine rings is 1. The molecule has 24 heavy (non-hydrogen) atoms. The van der Waals surface area contributed by atoms with Gasteiger partial charge in [-0.25, -0.2) is 4.39 Å². The maximum Gasteiger partial charge on any atom is 0.239 e. The van der Waals surface area contributed by atoms with Gasteiger partial charge in [0.1, 0.15) is 17.6 Å². The van der Waals surface area contributed by atoms with Gasteiger partial charge in [-0.2, -0.15) is 0 Å². The lowest BCUT2D eigenvalue weighted by Gasteiger charge is -2.39. The maximum absolute atomic E-state index is 13.1. The standard InChI is InChI=1S/C18H20FN3O2/c19-14-7-5-13(6-8-14)17(18(20)24)22-11-9-21(10-12-22)15-3-1-2-4-16(15)23/h1-8,17,23H,9-12H2,(H2,20,24). The van der Waals surface area contributed by atoms with Crippen LogP contribution in [0.15, 0.2) is 48.5 Å². The minimum absolute atomic E-state index is 0.246. The Morgan fingerprint density at radius 1 is 1.04 bits per heavy atom. The van der Waals surface area contributed by atoms with Crippen LogP contribution in [-0.4, -0.2) is 42.1 Å². The predicted octanol–water partition coefficient (Wildman–Crippen LogP) is 1.88. The van der Waals surface area contributed by atoms with Crippen molar-refractivity contribution in [2.45, 2.75) is 6.04 Å². The highest BCUT2D eigenvalue weighted by atomic mass is 19.1. The van der Waals surface area contributed by atoms with Crippen molar-refractivity contribution in [2.75, 3.05) is 31.1 Å². The van der Waals surface area contributed by atoms with Crippen molar-refractivity contribution in [3.05, 3.63) is 59.9 Å². The number of halogens is 1. The van der Waals surface area contributed by atoms with E-state index in [9.17, 15) is 14.3 Å². The van der Waals surface area contributed by atoms with Crippen LogP contribution < -0.4 is 10.6 Å². The van der Waals surface area contributed by atoms with E-state index in [0.717, 1.165) is 5.69 Å². The number of amides is 1. The highest BCUT2D eigenvalue weighted by Crippen LogP contribution is 2.29. The molecule has 1 atom stereocenters. The number of phenols is 1. The molecule has 6 heteroatoms. The summed E-state index contributed by atoms with van der Waals surface area (Å²) < 4.78 is 13.1. The van der Waals surface area contributed by atoms with Crippen molar-refractivity contribution in [2.24, 2.45) is 5.73 Å². The lowest BCUT2D eigenvalue weighted by atomic mass is 10.0. The fourth-order valence-corrected chi connectivity index (χ4v) is 3.15. The first-order chi connectivity index (χ1) is 11.6. The number of carbonyl (C=O) groups excluding carboxylic acids is 1. The number of hydrogen-bond donors (Lipinski definition) is 2. The summed E-state index contributed by atoms with van der Waals surface area (Å²) in [5, 5.41) is 9.97. The minimum Gasteiger partial charge on any atom is -0.506 e. The number of rotatable bonds is 4. The third kappa shape index (κ3) is 3.33. The van der Waals surface area contributed by atoms with E-state index >= 15 is 0 Å². The Hall–Kier alpha value is -2.60. The second-order valence-corrected chi connectivity index (χ2v) is 5.87. The molecule has 2 aromatic rings. The summed E-state index contributed by atoms with van der Waals surface area (Å²) in [7, 11) is 0. The van der Waals surface area contributed by atoms with Crippen molar-refractivity contribution < 1.29 is 14.3 Å². The molecule has 1 amide bonds. The number of nitrogens with zero attached hydrogens (tertiary/aromatic N) is 2. The van der Waals surface area contributed by atoms with Gasteiger partial charge in [0, 0.05) is 26.2 Å². The molecule has 3 rings (SSSR count). The molecule has 1 fully saturated rings. The lowest BCUT2D eigenvalue weighted by Crippen LogP contribution is -2.50. The van der Waals surface area contributed by atoms with Gasteiger partial charge in [-0.05, 0) is 29.8 Å². The third-order valence-electron chi connectivity index (χ3n) is 4.36. The van der Waals surface area contributed by atoms with E-state index in [1.54, 1.807) is 24.3 Å². The number of carbonyl (C=O) groups is 1. The quantitative estimate of drug-likeness (QED) is 0.899. The van der Waals surface area contributed by atoms with E-state index in [1.807, 2.05) is 17.0 Å². The van der Waals surface area contributed by atoms with Gasteiger partial charge >= 0.3 is 0 Å². The number of aromatic hydroxyl groups is 1. The van der Waals surface area contributed by atoms with Crippen LogP contribution in [0.5, 0.6) is 5.75 Å². The van der Waals surface area contributed by atoms with Crippen LogP contribution in [0.25, 0.3) is 0 Å². The first kappa shape index (κ1) is 16.3. The van der Waals surface area contributed by atoms with Crippen molar-refractivity contribution in [3.8, 4) is 5.75 Å². The molecule has 0 aliphatic carbocycles. The van der Waals surface area contributed by atoms with Crippen molar-refractivity contribution in [3.63, 3.8) is 0 Å². The highest BCUT2D eigenvalue weighted by molar-refractivity contribution is 5.81. The SMILES string of the molecule is NC(=O)C(c1ccc(F)cc1)N1CCN(c2ccccc2O)CC1. The smallest absolute Gasteiger partial charge is 0.239 e. The van der Waals surface area contributed by atoms with Gasteiger partial charge in [0.25, 0.3) is 0 Å². The second kappa shape index (κ2) is 6.88. The van der Waals surface area contributed by atoms with Crippen LogP contribution in [0.4, 0.5) is 10.1 Å². The van der Waals surface area contributed by atoms with Gasteiger partial charge in [0.15, 0.2) is 0 Å². The minimum atomic E-state index is -0.572. The molecule has 0 aromatic heterocycles. The zero-order valence-electron chi connectivity index (χ0n) is 13.2. The molecule has 2 aromatic carbocycles. The molecule has 1 aliphatic rings. The molecule has 0 spiro atoms. The number of nitrogens with two attached hydrogens (primary N) is 1. The normalized spacial score (nSPS) is 16.8. The predicted molar refractivity (Wildman–Crippen MR) is 90.2 cm³/mol. The molecule has 126 valence electrons. The van der Waals surface area contributed by atoms with Crippen LogP contribution in [0.3, 0.4) is 0 Å². The van der Waals surface area contributed by atoms with E-state index in [4.69, 9.17) is 5.73 Å². The van der Waals surface area contributed by atoms with E-state index in [2.05, 4.69) is 4.90 Å². The van der Waals surface area contributed by atoms with Crippen molar-refractivity contribution >= 4 is 11.6 Å². The Labute approximate surface area is 140 Å². The molecule has 1 saturated heterocycles. The van der Waals surface area contributed by atoms with Gasteiger partial charge in [0.05, 0.1) is 5.69 Å². The van der Waals surface area contributed by atoms with E-state index in [-0.39, 0.29) is 11.6 Å². The molecular weight excluding hydrogens is 309 g/mol. The largest absolute Gasteiger partial charge is 0.506 e. The Morgan fingerprint density at radius 2 is 1.67 bits per heavy atom. The number of para-hydroxylation sites is 2. The van der Waals surface area contributed by atoms with Gasteiger partial charge in [-0.3, -0.25) is 9.69 Å². The average Bonchev–Trinajstić information content (AvgIpc) is 2.58. The van der Waals surface area contributed by atoms with Crippen molar-refractivity contribution in [1.82, 2.24) is 4.90 Å². The van der Waals surface area contributed by atoms with Gasteiger partial charge < -0.3 is 15.7 Å². The average molecular weight is 329 g/mol. The summed E-state index contributed by atoms with van der Waals surface area (Å²) in [6.07, 6.45) is 0. The van der Waals surface area contributed by atoms with Crippen LogP contribution in [0.1, 0.15) is 11.6 Å². The fraction of sp³-hybridized carbons (Fsp3) is 0.278. The van der Waals surface area contributed by atoms with Crippen molar-refractivity contribution in [1.29, 1.82) is 0 Å². The Bertz CT molecular complexity index is 712. The topological polar surface area (TPSA) is 69.8 Å². The molecule has 1 aliphatic heterocycles. The summed E-state index contributed by atoms with van der Waals surface area (Å²) >= 11 is 0. The molecule has 1 heterocycles. The van der Waals surface area contributed by atoms with Gasteiger partial charge in [-0.1, -0.05) is 24.3 Å². The first-order valence-electron chi connectivity index (χ1n) is 7.88. The molecule has 0 bridgehead atoms. The van der Waals surface area contributed by atoms with Crippen LogP contribution in [0.2, 0.25) is 0 Å². The van der Waals surface area contributed by atoms with Crippen LogP contribution in [0, 0.1) is 5.82 Å². The number of phenolic OH excluding ortho intramolecular Hbond substituents is 1. The molecule has 0 saturated carbocycles. The summed E-state index contributed by atoms with van der Waals surface area (Å²) in [5.41, 5.74) is 7.06. The molecule has 5 nitrogen and oxygen atoms in total. The summed E-state index contributed by atoms with van der Waals surface area (Å²) in [6.45, 7) is 2.59. The number of anilines is 1. The Morgan fingerprint density at radius 3 is 2.25 bits per heavy atom. The maximum atomic E-state index is 13.1. The molecular formula is C18H20FN3O2. The van der Waals surface area contributed by atoms with Crippen LogP contribution in [-0.2, 0) is 4.79 Å². The first-order valence-corrected chi connectivity index (χ1v) is 7.88. The van der Waals surface area contributed by atoms with E-state index < -0.39 is 11.9 Å². The molecule has 1 unspecified atom stereocenters. The van der Waals surface area contributed by atoms with Gasteiger partial charge in [0.2, 0.25) is 5.91 Å². The highest BCUT2D eigenvalue weighted by Gasteiger charge is 2.29.